The van der Waals surface area contributed by atoms with E-state index in [1.165, 1.54) is 18.2 Å². The van der Waals surface area contributed by atoms with Crippen LogP contribution in [0.2, 0.25) is 0 Å². The predicted molar refractivity (Wildman–Crippen MR) is 120 cm³/mol. The van der Waals surface area contributed by atoms with Gasteiger partial charge in [-0.2, -0.15) is 0 Å². The van der Waals surface area contributed by atoms with E-state index in [0.29, 0.717) is 5.56 Å². The summed E-state index contributed by atoms with van der Waals surface area (Å²) in [4.78, 5) is 38.7. The van der Waals surface area contributed by atoms with Gasteiger partial charge in [0.1, 0.15) is 11.4 Å². The molecule has 1 N–H and O–H groups in total. The molecule has 2 heterocycles. The number of hydrogen-bond donors (Lipinski definition) is 1. The second-order valence-electron chi connectivity index (χ2n) is 7.89. The number of barbiturate groups is 1. The lowest BCUT2D eigenvalue weighted by atomic mass is 10.1. The molecule has 0 atom stereocenters. The van der Waals surface area contributed by atoms with Crippen LogP contribution in [0.1, 0.15) is 28.1 Å². The number of aryl methyl sites for hydroxylation is 3. The summed E-state index contributed by atoms with van der Waals surface area (Å²) in [5.41, 5.74) is 5.76. The highest BCUT2D eigenvalue weighted by Crippen LogP contribution is 2.27. The number of urea groups is 1. The number of nitrogens with zero attached hydrogens (tertiary/aromatic N) is 2. The average molecular weight is 431 g/mol. The van der Waals surface area contributed by atoms with Gasteiger partial charge in [-0.1, -0.05) is 17.7 Å². The van der Waals surface area contributed by atoms with Gasteiger partial charge in [-0.3, -0.25) is 14.9 Å². The molecular weight excluding hydrogens is 409 g/mol. The largest absolute Gasteiger partial charge is 0.335 e. The summed E-state index contributed by atoms with van der Waals surface area (Å²) in [7, 11) is 0. The fourth-order valence-electron chi connectivity index (χ4n) is 4.00. The van der Waals surface area contributed by atoms with Gasteiger partial charge in [0, 0.05) is 17.1 Å². The molecule has 0 unspecified atom stereocenters. The maximum absolute atomic E-state index is 13.3. The van der Waals surface area contributed by atoms with Crippen LogP contribution in [-0.4, -0.2) is 22.4 Å². The second kappa shape index (κ2) is 7.92. The molecule has 0 bridgehead atoms. The first-order valence-electron chi connectivity index (χ1n) is 10.1. The fourth-order valence-corrected chi connectivity index (χ4v) is 4.00. The van der Waals surface area contributed by atoms with Crippen molar-refractivity contribution in [1.82, 2.24) is 9.88 Å². The van der Waals surface area contributed by atoms with Crippen molar-refractivity contribution in [3.05, 3.63) is 88.0 Å². The number of imide groups is 2. The summed E-state index contributed by atoms with van der Waals surface area (Å²) in [5.74, 6) is -2.03. The van der Waals surface area contributed by atoms with Crippen LogP contribution in [0.25, 0.3) is 11.8 Å². The first-order valence-corrected chi connectivity index (χ1v) is 10.1. The Morgan fingerprint density at radius 1 is 0.906 bits per heavy atom. The van der Waals surface area contributed by atoms with Crippen LogP contribution in [0.5, 0.6) is 0 Å². The predicted octanol–water partition coefficient (Wildman–Crippen LogP) is 4.52. The molecule has 3 aromatic rings. The Kier molecular flexibility index (Phi) is 5.26. The summed E-state index contributed by atoms with van der Waals surface area (Å²) in [6, 6.07) is 12.1. The molecule has 6 nitrogen and oxygen atoms in total. The zero-order valence-corrected chi connectivity index (χ0v) is 18.2. The minimum absolute atomic E-state index is 0.171. The van der Waals surface area contributed by atoms with Gasteiger partial charge in [0.2, 0.25) is 0 Å². The van der Waals surface area contributed by atoms with E-state index in [1.807, 2.05) is 45.9 Å². The lowest BCUT2D eigenvalue weighted by Gasteiger charge is -2.26. The molecule has 0 aliphatic carbocycles. The van der Waals surface area contributed by atoms with Crippen molar-refractivity contribution in [1.29, 1.82) is 0 Å². The lowest BCUT2D eigenvalue weighted by Crippen LogP contribution is -2.54. The van der Waals surface area contributed by atoms with Crippen LogP contribution < -0.4 is 10.2 Å². The molecule has 1 saturated heterocycles. The molecule has 4 amide bonds. The summed E-state index contributed by atoms with van der Waals surface area (Å²) in [6.07, 6.45) is 1.49. The number of anilines is 1. The molecule has 1 aromatic heterocycles. The van der Waals surface area contributed by atoms with E-state index < -0.39 is 23.7 Å². The molecule has 1 aliphatic rings. The van der Waals surface area contributed by atoms with Gasteiger partial charge < -0.3 is 4.57 Å². The van der Waals surface area contributed by atoms with Crippen molar-refractivity contribution in [3.63, 3.8) is 0 Å². The second-order valence-corrected chi connectivity index (χ2v) is 7.89. The van der Waals surface area contributed by atoms with E-state index in [0.717, 1.165) is 45.2 Å². The monoisotopic (exact) mass is 431 g/mol. The number of hydrogen-bond acceptors (Lipinski definition) is 3. The minimum atomic E-state index is -0.871. The van der Waals surface area contributed by atoms with Crippen LogP contribution in [0.3, 0.4) is 0 Å². The first-order chi connectivity index (χ1) is 15.2. The molecule has 162 valence electrons. The van der Waals surface area contributed by atoms with E-state index >= 15 is 0 Å². The van der Waals surface area contributed by atoms with E-state index in [9.17, 15) is 18.8 Å². The van der Waals surface area contributed by atoms with Gasteiger partial charge in [0.25, 0.3) is 11.8 Å². The topological polar surface area (TPSA) is 71.4 Å². The van der Waals surface area contributed by atoms with Crippen LogP contribution in [-0.2, 0) is 9.59 Å². The summed E-state index contributed by atoms with van der Waals surface area (Å²) in [6.45, 7) is 7.92. The Labute approximate surface area is 185 Å². The molecule has 2 aromatic carbocycles. The number of carbonyl (C=O) groups is 3. The first kappa shape index (κ1) is 21.2. The van der Waals surface area contributed by atoms with E-state index in [4.69, 9.17) is 0 Å². The Morgan fingerprint density at radius 2 is 1.59 bits per heavy atom. The van der Waals surface area contributed by atoms with E-state index in [1.54, 1.807) is 0 Å². The SMILES string of the molecule is Cc1ccc(-n2c(C)cc(/C=C3\C(=O)NC(=O)N(c4ccc(F)cc4)C3=O)c2C)c(C)c1. The number of amides is 4. The average Bonchev–Trinajstić information content (AvgIpc) is 3.00. The number of carbonyl (C=O) groups excluding carboxylic acids is 3. The maximum atomic E-state index is 13.3. The van der Waals surface area contributed by atoms with Crippen molar-refractivity contribution in [2.24, 2.45) is 0 Å². The van der Waals surface area contributed by atoms with Crippen molar-refractivity contribution in [2.75, 3.05) is 4.90 Å². The molecule has 0 radical (unpaired) electrons. The van der Waals surface area contributed by atoms with Gasteiger partial charge in [-0.25, -0.2) is 14.1 Å². The lowest BCUT2D eigenvalue weighted by molar-refractivity contribution is -0.122. The maximum Gasteiger partial charge on any atom is 0.335 e. The number of aromatic nitrogens is 1. The zero-order valence-electron chi connectivity index (χ0n) is 18.2. The van der Waals surface area contributed by atoms with Gasteiger partial charge >= 0.3 is 6.03 Å². The molecule has 7 heteroatoms. The molecule has 0 saturated carbocycles. The van der Waals surface area contributed by atoms with Gasteiger partial charge in [0.15, 0.2) is 0 Å². The van der Waals surface area contributed by atoms with Crippen LogP contribution in [0, 0.1) is 33.5 Å². The molecule has 4 rings (SSSR count). The normalized spacial score (nSPS) is 15.5. The quantitative estimate of drug-likeness (QED) is 0.490. The third kappa shape index (κ3) is 3.62. The standard InChI is InChI=1S/C25H22FN3O3/c1-14-5-10-22(15(2)11-14)28-16(3)12-18(17(28)4)13-21-23(30)27-25(32)29(24(21)31)20-8-6-19(26)7-9-20/h5-13H,1-4H3,(H,27,30,32)/b21-13+. The molecule has 0 spiro atoms. The molecule has 1 aliphatic heterocycles. The van der Waals surface area contributed by atoms with Crippen molar-refractivity contribution < 1.29 is 18.8 Å². The number of nitrogens with one attached hydrogen (secondary N) is 1. The minimum Gasteiger partial charge on any atom is -0.318 e. The van der Waals surface area contributed by atoms with Crippen LogP contribution >= 0.6 is 0 Å². The van der Waals surface area contributed by atoms with Gasteiger partial charge in [-0.15, -0.1) is 0 Å². The van der Waals surface area contributed by atoms with Crippen LogP contribution in [0.15, 0.2) is 54.1 Å². The highest BCUT2D eigenvalue weighted by molar-refractivity contribution is 6.39. The number of rotatable bonds is 3. The molecule has 1 fully saturated rings. The summed E-state index contributed by atoms with van der Waals surface area (Å²) < 4.78 is 15.3. The number of halogens is 1. The third-order valence-electron chi connectivity index (χ3n) is 5.55. The summed E-state index contributed by atoms with van der Waals surface area (Å²) in [5, 5.41) is 2.19. The molecule has 32 heavy (non-hydrogen) atoms. The highest BCUT2D eigenvalue weighted by Gasteiger charge is 2.37. The van der Waals surface area contributed by atoms with Gasteiger partial charge in [-0.05, 0) is 81.3 Å². The van der Waals surface area contributed by atoms with Gasteiger partial charge in [0.05, 0.1) is 5.69 Å². The third-order valence-corrected chi connectivity index (χ3v) is 5.55. The summed E-state index contributed by atoms with van der Waals surface area (Å²) >= 11 is 0. The zero-order chi connectivity index (χ0) is 23.2. The van der Waals surface area contributed by atoms with Crippen molar-refractivity contribution >= 4 is 29.6 Å². The number of benzene rings is 2. The Hall–Kier alpha value is -4.00. The van der Waals surface area contributed by atoms with E-state index in [-0.39, 0.29) is 11.3 Å². The smallest absolute Gasteiger partial charge is 0.318 e. The Morgan fingerprint density at radius 3 is 2.25 bits per heavy atom. The van der Waals surface area contributed by atoms with Crippen molar-refractivity contribution in [3.8, 4) is 5.69 Å². The molecular formula is C25H22FN3O3. The Bertz CT molecular complexity index is 1300. The van der Waals surface area contributed by atoms with Crippen LogP contribution in [0.4, 0.5) is 14.9 Å². The van der Waals surface area contributed by atoms with E-state index in [2.05, 4.69) is 16.0 Å². The van der Waals surface area contributed by atoms with Crippen molar-refractivity contribution in [2.45, 2.75) is 27.7 Å². The highest BCUT2D eigenvalue weighted by atomic mass is 19.1. The fraction of sp³-hybridized carbons (Fsp3) is 0.160. The Balaban J connectivity index is 1.77.